The van der Waals surface area contributed by atoms with Crippen LogP contribution in [0.3, 0.4) is 0 Å². The molecule has 0 saturated carbocycles. The van der Waals surface area contributed by atoms with Crippen molar-refractivity contribution < 1.29 is 18.9 Å². The zero-order valence-electron chi connectivity index (χ0n) is 9.36. The minimum Gasteiger partial charge on any atom is -0.694 e. The van der Waals surface area contributed by atoms with Gasteiger partial charge in [0.25, 0.3) is 0 Å². The second kappa shape index (κ2) is 14.7. The van der Waals surface area contributed by atoms with Crippen LogP contribution in [0.5, 0.6) is 0 Å². The summed E-state index contributed by atoms with van der Waals surface area (Å²) in [5.74, 6) is 2.43. The number of hydrogen-bond acceptors (Lipinski definition) is 0. The quantitative estimate of drug-likeness (QED) is 0.223. The van der Waals surface area contributed by atoms with Crippen molar-refractivity contribution in [3.05, 3.63) is 6.42 Å². The van der Waals surface area contributed by atoms with Gasteiger partial charge in [0.15, 0.2) is 0 Å². The Bertz CT molecular complexity index is 113. The van der Waals surface area contributed by atoms with Crippen molar-refractivity contribution >= 4 is 0 Å². The summed E-state index contributed by atoms with van der Waals surface area (Å²) >= 11 is 0. The van der Waals surface area contributed by atoms with Crippen molar-refractivity contribution in [2.24, 2.45) is 0 Å². The Morgan fingerprint density at radius 2 is 1.31 bits per heavy atom. The first kappa shape index (κ1) is 15.6. The fourth-order valence-electron chi connectivity index (χ4n) is 1.35. The maximum absolute atomic E-state index is 6.72. The van der Waals surface area contributed by atoms with Crippen LogP contribution < -0.4 is 18.9 Å². The molecule has 0 N–H and O–H groups in total. The van der Waals surface area contributed by atoms with Crippen LogP contribution in [0.2, 0.25) is 0 Å². The summed E-state index contributed by atoms with van der Waals surface area (Å²) in [6.45, 7) is 2.25. The third-order valence-corrected chi connectivity index (χ3v) is 2.16. The molecule has 0 heterocycles. The monoisotopic (exact) mass is 172 g/mol. The molecule has 0 bridgehead atoms. The SMILES string of the molecule is [C-]#CCCCCCCCCCC.[Li+]. The van der Waals surface area contributed by atoms with Gasteiger partial charge in [0.1, 0.15) is 0 Å². The van der Waals surface area contributed by atoms with E-state index in [4.69, 9.17) is 6.42 Å². The zero-order chi connectivity index (χ0) is 9.07. The van der Waals surface area contributed by atoms with Gasteiger partial charge in [-0.1, -0.05) is 51.9 Å². The molecule has 0 aromatic rings. The van der Waals surface area contributed by atoms with E-state index >= 15 is 0 Å². The third-order valence-electron chi connectivity index (χ3n) is 2.16. The first-order chi connectivity index (χ1) is 5.91. The molecule has 0 rings (SSSR count). The normalized spacial score (nSPS) is 8.92. The molecule has 0 amide bonds. The average Bonchev–Trinajstić information content (AvgIpc) is 2.10. The van der Waals surface area contributed by atoms with E-state index < -0.39 is 0 Å². The molecule has 0 aromatic carbocycles. The van der Waals surface area contributed by atoms with Crippen molar-refractivity contribution in [3.63, 3.8) is 0 Å². The molecule has 0 unspecified atom stereocenters. The Hall–Kier alpha value is 0.157. The molecule has 0 spiro atoms. The van der Waals surface area contributed by atoms with E-state index in [1.165, 1.54) is 44.9 Å². The number of rotatable bonds is 8. The van der Waals surface area contributed by atoms with E-state index in [-0.39, 0.29) is 18.9 Å². The molecule has 0 aromatic heterocycles. The summed E-state index contributed by atoms with van der Waals surface area (Å²) in [6.07, 6.45) is 18.3. The van der Waals surface area contributed by atoms with E-state index in [1.807, 2.05) is 0 Å². The summed E-state index contributed by atoms with van der Waals surface area (Å²) < 4.78 is 0. The molecule has 0 aliphatic rings. The summed E-state index contributed by atoms with van der Waals surface area (Å²) in [4.78, 5) is 0. The predicted octanol–water partition coefficient (Wildman–Crippen LogP) is 1.11. The average molecular weight is 172 g/mol. The van der Waals surface area contributed by atoms with Gasteiger partial charge in [-0.2, -0.15) is 0 Å². The van der Waals surface area contributed by atoms with E-state index in [2.05, 4.69) is 12.8 Å². The van der Waals surface area contributed by atoms with Crippen LogP contribution in [0.15, 0.2) is 0 Å². The van der Waals surface area contributed by atoms with Gasteiger partial charge in [-0.25, -0.2) is 0 Å². The van der Waals surface area contributed by atoms with Crippen LogP contribution in [-0.4, -0.2) is 0 Å². The Kier molecular flexibility index (Phi) is 17.6. The first-order valence-electron chi connectivity index (χ1n) is 5.31. The van der Waals surface area contributed by atoms with E-state index in [1.54, 1.807) is 0 Å². The molecule has 0 atom stereocenters. The topological polar surface area (TPSA) is 0 Å². The van der Waals surface area contributed by atoms with Crippen molar-refractivity contribution in [3.8, 4) is 5.92 Å². The van der Waals surface area contributed by atoms with Gasteiger partial charge >= 0.3 is 18.9 Å². The first-order valence-corrected chi connectivity index (χ1v) is 5.31. The standard InChI is InChI=1S/C12H21.Li/c1-3-5-7-9-11-12-10-8-6-4-2;/h3,5-12H2,1H3;/q-1;+1. The maximum atomic E-state index is 6.72. The molecule has 0 saturated heterocycles. The van der Waals surface area contributed by atoms with Crippen LogP contribution >= 0.6 is 0 Å². The molecular formula is C12H21Li. The van der Waals surface area contributed by atoms with Gasteiger partial charge in [0.05, 0.1) is 0 Å². The van der Waals surface area contributed by atoms with Gasteiger partial charge in [0, 0.05) is 0 Å². The van der Waals surface area contributed by atoms with Crippen molar-refractivity contribution in [1.82, 2.24) is 0 Å². The molecular weight excluding hydrogens is 151 g/mol. The van der Waals surface area contributed by atoms with Crippen LogP contribution in [0.1, 0.15) is 64.7 Å². The molecule has 0 aliphatic carbocycles. The molecule has 13 heavy (non-hydrogen) atoms. The van der Waals surface area contributed by atoms with Crippen molar-refractivity contribution in [1.29, 1.82) is 0 Å². The molecule has 0 fully saturated rings. The Balaban J connectivity index is 0. The number of unbranched alkanes of at least 4 members (excludes halogenated alkanes) is 8. The fraction of sp³-hybridized carbons (Fsp3) is 0.833. The molecule has 70 valence electrons. The second-order valence-corrected chi connectivity index (χ2v) is 3.40. The molecule has 1 heteroatoms. The summed E-state index contributed by atoms with van der Waals surface area (Å²) in [7, 11) is 0. The smallest absolute Gasteiger partial charge is 0.694 e. The third kappa shape index (κ3) is 15.0. The Morgan fingerprint density at radius 1 is 0.846 bits per heavy atom. The largest absolute Gasteiger partial charge is 1.00 e. The molecule has 0 radical (unpaired) electrons. The summed E-state index contributed by atoms with van der Waals surface area (Å²) in [6, 6.07) is 0. The fourth-order valence-corrected chi connectivity index (χ4v) is 1.35. The van der Waals surface area contributed by atoms with Gasteiger partial charge in [-0.3, -0.25) is 0 Å². The molecule has 0 nitrogen and oxygen atoms in total. The van der Waals surface area contributed by atoms with Crippen LogP contribution in [0.4, 0.5) is 0 Å². The number of hydrogen-bond donors (Lipinski definition) is 0. The van der Waals surface area contributed by atoms with E-state index in [0.29, 0.717) is 0 Å². The van der Waals surface area contributed by atoms with E-state index in [0.717, 1.165) is 12.8 Å². The van der Waals surface area contributed by atoms with Crippen molar-refractivity contribution in [2.45, 2.75) is 64.7 Å². The predicted molar refractivity (Wildman–Crippen MR) is 54.4 cm³/mol. The minimum atomic E-state index is 0. The maximum Gasteiger partial charge on any atom is 1.00 e. The summed E-state index contributed by atoms with van der Waals surface area (Å²) in [5, 5.41) is 0. The van der Waals surface area contributed by atoms with Gasteiger partial charge < -0.3 is 12.3 Å². The van der Waals surface area contributed by atoms with Gasteiger partial charge in [-0.05, 0) is 12.8 Å². The Labute approximate surface area is 96.1 Å². The van der Waals surface area contributed by atoms with Gasteiger partial charge in [0.2, 0.25) is 0 Å². The zero-order valence-corrected chi connectivity index (χ0v) is 9.36. The minimum absolute atomic E-state index is 0. The molecule has 0 aliphatic heterocycles. The second-order valence-electron chi connectivity index (χ2n) is 3.40. The van der Waals surface area contributed by atoms with Crippen LogP contribution in [0.25, 0.3) is 0 Å². The van der Waals surface area contributed by atoms with Gasteiger partial charge in [-0.15, -0.1) is 0 Å². The van der Waals surface area contributed by atoms with Crippen LogP contribution in [0, 0.1) is 12.3 Å². The van der Waals surface area contributed by atoms with E-state index in [9.17, 15) is 0 Å². The summed E-state index contributed by atoms with van der Waals surface area (Å²) in [5.41, 5.74) is 0. The Morgan fingerprint density at radius 3 is 1.77 bits per heavy atom. The van der Waals surface area contributed by atoms with Crippen LogP contribution in [-0.2, 0) is 0 Å². The van der Waals surface area contributed by atoms with Crippen molar-refractivity contribution in [2.75, 3.05) is 0 Å².